The second-order valence-corrected chi connectivity index (χ2v) is 6.94. The van der Waals surface area contributed by atoms with Crippen LogP contribution in [0.15, 0.2) is 48.5 Å². The summed E-state index contributed by atoms with van der Waals surface area (Å²) in [6, 6.07) is 15.2. The van der Waals surface area contributed by atoms with E-state index < -0.39 is 5.97 Å². The fourth-order valence-corrected chi connectivity index (χ4v) is 3.22. The lowest BCUT2D eigenvalue weighted by Crippen LogP contribution is -2.31. The van der Waals surface area contributed by atoms with E-state index in [1.807, 2.05) is 66.9 Å². The molecule has 0 atom stereocenters. The van der Waals surface area contributed by atoms with Gasteiger partial charge in [0, 0.05) is 20.0 Å². The molecule has 2 aromatic carbocycles. The molecule has 0 aliphatic heterocycles. The van der Waals surface area contributed by atoms with E-state index in [1.54, 1.807) is 7.05 Å². The van der Waals surface area contributed by atoms with Crippen LogP contribution in [0.1, 0.15) is 25.2 Å². The van der Waals surface area contributed by atoms with Gasteiger partial charge in [-0.25, -0.2) is 4.98 Å². The number of aromatic nitrogens is 2. The van der Waals surface area contributed by atoms with Gasteiger partial charge in [-0.3, -0.25) is 9.59 Å². The molecule has 7 heteroatoms. The molecule has 0 saturated carbocycles. The highest BCUT2D eigenvalue weighted by Crippen LogP contribution is 2.17. The molecule has 0 spiro atoms. The van der Waals surface area contributed by atoms with Gasteiger partial charge in [0.15, 0.2) is 6.61 Å². The van der Waals surface area contributed by atoms with Crippen LogP contribution in [-0.2, 0) is 33.8 Å². The number of aryl methyl sites for hydroxylation is 1. The number of carbonyl (C=O) groups excluding carboxylic acids is 2. The number of imidazole rings is 1. The van der Waals surface area contributed by atoms with Crippen LogP contribution in [0.2, 0.25) is 0 Å². The molecule has 1 amide bonds. The third-order valence-corrected chi connectivity index (χ3v) is 4.77. The van der Waals surface area contributed by atoms with E-state index in [0.29, 0.717) is 19.6 Å². The summed E-state index contributed by atoms with van der Waals surface area (Å²) in [5.74, 6) is 0.883. The Morgan fingerprint density at radius 2 is 1.80 bits per heavy atom. The van der Waals surface area contributed by atoms with Gasteiger partial charge in [-0.2, -0.15) is 0 Å². The molecule has 0 bridgehead atoms. The quantitative estimate of drug-likeness (QED) is 0.508. The van der Waals surface area contributed by atoms with Crippen molar-refractivity contribution in [3.8, 4) is 5.75 Å². The fraction of sp³-hybridized carbons (Fsp3) is 0.348. The Morgan fingerprint density at radius 3 is 2.50 bits per heavy atom. The number of para-hydroxylation sites is 2. The molecule has 0 saturated heterocycles. The third kappa shape index (κ3) is 5.17. The van der Waals surface area contributed by atoms with Gasteiger partial charge in [0.2, 0.25) is 0 Å². The van der Waals surface area contributed by atoms with Crippen molar-refractivity contribution >= 4 is 22.9 Å². The van der Waals surface area contributed by atoms with E-state index in [-0.39, 0.29) is 19.1 Å². The smallest absolute Gasteiger partial charge is 0.326 e. The fourth-order valence-electron chi connectivity index (χ4n) is 3.22. The number of esters is 1. The lowest BCUT2D eigenvalue weighted by molar-refractivity contribution is -0.152. The normalized spacial score (nSPS) is 10.8. The van der Waals surface area contributed by atoms with Crippen molar-refractivity contribution in [2.75, 3.05) is 20.3 Å². The molecule has 0 radical (unpaired) electrons. The van der Waals surface area contributed by atoms with Gasteiger partial charge < -0.3 is 18.9 Å². The Hall–Kier alpha value is -3.35. The molecule has 0 fully saturated rings. The summed E-state index contributed by atoms with van der Waals surface area (Å²) in [4.78, 5) is 30.8. The highest BCUT2D eigenvalue weighted by molar-refractivity contribution is 5.82. The molecule has 3 aromatic rings. The SMILES string of the molecule is CCOc1ccc(CN(C)C(=O)COC(=O)Cn2c(CC)nc3ccccc32)cc1. The van der Waals surface area contributed by atoms with Crippen molar-refractivity contribution in [2.45, 2.75) is 33.4 Å². The monoisotopic (exact) mass is 409 g/mol. The van der Waals surface area contributed by atoms with E-state index in [2.05, 4.69) is 4.98 Å². The highest BCUT2D eigenvalue weighted by Gasteiger charge is 2.16. The van der Waals surface area contributed by atoms with Crippen LogP contribution in [-0.4, -0.2) is 46.6 Å². The molecule has 0 aliphatic rings. The predicted octanol–water partition coefficient (Wildman–Crippen LogP) is 3.20. The van der Waals surface area contributed by atoms with Crippen LogP contribution in [0.25, 0.3) is 11.0 Å². The van der Waals surface area contributed by atoms with E-state index in [1.165, 1.54) is 4.90 Å². The number of ether oxygens (including phenoxy) is 2. The molecule has 30 heavy (non-hydrogen) atoms. The first-order valence-electron chi connectivity index (χ1n) is 10.1. The molecule has 158 valence electrons. The Morgan fingerprint density at radius 1 is 1.07 bits per heavy atom. The zero-order chi connectivity index (χ0) is 21.5. The molecule has 0 unspecified atom stereocenters. The number of hydrogen-bond acceptors (Lipinski definition) is 5. The first-order valence-corrected chi connectivity index (χ1v) is 10.1. The topological polar surface area (TPSA) is 73.7 Å². The summed E-state index contributed by atoms with van der Waals surface area (Å²) in [5.41, 5.74) is 2.69. The third-order valence-electron chi connectivity index (χ3n) is 4.77. The molecule has 1 heterocycles. The summed E-state index contributed by atoms with van der Waals surface area (Å²) in [7, 11) is 1.69. The number of nitrogens with zero attached hydrogens (tertiary/aromatic N) is 3. The summed E-state index contributed by atoms with van der Waals surface area (Å²) < 4.78 is 12.5. The molecule has 0 N–H and O–H groups in total. The lowest BCUT2D eigenvalue weighted by Gasteiger charge is -2.17. The molecule has 3 rings (SSSR count). The van der Waals surface area contributed by atoms with Crippen LogP contribution >= 0.6 is 0 Å². The van der Waals surface area contributed by atoms with Crippen molar-refractivity contribution in [1.29, 1.82) is 0 Å². The van der Waals surface area contributed by atoms with Crippen LogP contribution in [0.3, 0.4) is 0 Å². The number of likely N-dealkylation sites (N-methyl/N-ethyl adjacent to an activating group) is 1. The van der Waals surface area contributed by atoms with Gasteiger partial charge in [-0.15, -0.1) is 0 Å². The Bertz CT molecular complexity index is 1010. The van der Waals surface area contributed by atoms with Crippen LogP contribution in [0.4, 0.5) is 0 Å². The van der Waals surface area contributed by atoms with Crippen molar-refractivity contribution in [3.05, 3.63) is 59.9 Å². The van der Waals surface area contributed by atoms with Crippen molar-refractivity contribution < 1.29 is 19.1 Å². The maximum atomic E-state index is 12.4. The number of amides is 1. The zero-order valence-electron chi connectivity index (χ0n) is 17.6. The summed E-state index contributed by atoms with van der Waals surface area (Å²) in [6.45, 7) is 4.69. The van der Waals surface area contributed by atoms with E-state index in [9.17, 15) is 9.59 Å². The van der Waals surface area contributed by atoms with E-state index in [4.69, 9.17) is 9.47 Å². The van der Waals surface area contributed by atoms with E-state index >= 15 is 0 Å². The maximum absolute atomic E-state index is 12.4. The zero-order valence-corrected chi connectivity index (χ0v) is 17.6. The number of benzene rings is 2. The standard InChI is InChI=1S/C23H27N3O4/c1-4-21-24-19-8-6-7-9-20(19)26(21)15-23(28)30-16-22(27)25(3)14-17-10-12-18(13-11-17)29-5-2/h6-13H,4-5,14-16H2,1-3H3. The minimum absolute atomic E-state index is 0.0274. The molecule has 1 aromatic heterocycles. The summed E-state index contributed by atoms with van der Waals surface area (Å²) in [6.07, 6.45) is 0.700. The van der Waals surface area contributed by atoms with Gasteiger partial charge in [-0.1, -0.05) is 31.2 Å². The number of fused-ring (bicyclic) bond motifs is 1. The van der Waals surface area contributed by atoms with E-state index in [0.717, 1.165) is 28.2 Å². The van der Waals surface area contributed by atoms with Crippen molar-refractivity contribution in [2.24, 2.45) is 0 Å². The minimum Gasteiger partial charge on any atom is -0.494 e. The molecular formula is C23H27N3O4. The first-order chi connectivity index (χ1) is 14.5. The number of hydrogen-bond donors (Lipinski definition) is 0. The average Bonchev–Trinajstić information content (AvgIpc) is 3.11. The van der Waals surface area contributed by atoms with Gasteiger partial charge >= 0.3 is 5.97 Å². The Labute approximate surface area is 176 Å². The van der Waals surface area contributed by atoms with Gasteiger partial charge in [0.1, 0.15) is 18.1 Å². The minimum atomic E-state index is -0.462. The second-order valence-electron chi connectivity index (χ2n) is 6.94. The maximum Gasteiger partial charge on any atom is 0.326 e. The Balaban J connectivity index is 1.53. The molecule has 0 aliphatic carbocycles. The first kappa shape index (κ1) is 21.4. The summed E-state index contributed by atoms with van der Waals surface area (Å²) >= 11 is 0. The van der Waals surface area contributed by atoms with Crippen LogP contribution < -0.4 is 4.74 Å². The largest absolute Gasteiger partial charge is 0.494 e. The average molecular weight is 409 g/mol. The number of carbonyl (C=O) groups is 2. The van der Waals surface area contributed by atoms with Crippen LogP contribution in [0.5, 0.6) is 5.75 Å². The Kier molecular flexibility index (Phi) is 7.06. The van der Waals surface area contributed by atoms with Crippen molar-refractivity contribution in [1.82, 2.24) is 14.5 Å². The number of rotatable bonds is 9. The second kappa shape index (κ2) is 9.91. The van der Waals surface area contributed by atoms with Crippen molar-refractivity contribution in [3.63, 3.8) is 0 Å². The van der Waals surface area contributed by atoms with Gasteiger partial charge in [0.25, 0.3) is 5.91 Å². The molecule has 7 nitrogen and oxygen atoms in total. The van der Waals surface area contributed by atoms with Gasteiger partial charge in [0.05, 0.1) is 17.6 Å². The lowest BCUT2D eigenvalue weighted by atomic mass is 10.2. The van der Waals surface area contributed by atoms with Gasteiger partial charge in [-0.05, 0) is 36.8 Å². The molecular weight excluding hydrogens is 382 g/mol. The highest BCUT2D eigenvalue weighted by atomic mass is 16.5. The summed E-state index contributed by atoms with van der Waals surface area (Å²) in [5, 5.41) is 0. The predicted molar refractivity (Wildman–Crippen MR) is 114 cm³/mol. The van der Waals surface area contributed by atoms with Crippen LogP contribution in [0, 0.1) is 0 Å².